The van der Waals surface area contributed by atoms with Crippen LogP contribution in [-0.4, -0.2) is 34.4 Å². The van der Waals surface area contributed by atoms with E-state index in [-0.39, 0.29) is 18.6 Å². The molecule has 0 aromatic heterocycles. The fourth-order valence-electron chi connectivity index (χ4n) is 3.00. The molecule has 2 aliphatic heterocycles. The minimum atomic E-state index is -0.143. The Kier molecular flexibility index (Phi) is 6.40. The first-order valence-corrected chi connectivity index (χ1v) is 11.2. The van der Waals surface area contributed by atoms with E-state index in [0.29, 0.717) is 40.1 Å². The van der Waals surface area contributed by atoms with Crippen LogP contribution in [0, 0.1) is 0 Å². The fourth-order valence-corrected chi connectivity index (χ4v) is 4.57. The number of anilines is 1. The molecule has 2 aliphatic rings. The number of carbonyl (C=O) groups excluding carboxylic acids is 2. The first-order valence-electron chi connectivity index (χ1n) is 9.20. The van der Waals surface area contributed by atoms with Crippen LogP contribution >= 0.6 is 39.9 Å². The van der Waals surface area contributed by atoms with Crippen molar-refractivity contribution in [3.05, 3.63) is 57.4 Å². The molecule has 30 heavy (non-hydrogen) atoms. The molecule has 2 heterocycles. The van der Waals surface area contributed by atoms with Crippen LogP contribution in [0.5, 0.6) is 11.5 Å². The van der Waals surface area contributed by atoms with Crippen LogP contribution in [0.15, 0.2) is 51.8 Å². The second kappa shape index (κ2) is 9.20. The second-order valence-electron chi connectivity index (χ2n) is 6.60. The van der Waals surface area contributed by atoms with Crippen molar-refractivity contribution in [2.24, 2.45) is 0 Å². The minimum absolute atomic E-state index is 0.0985. The van der Waals surface area contributed by atoms with E-state index in [1.54, 1.807) is 11.0 Å². The van der Waals surface area contributed by atoms with Crippen LogP contribution in [0.4, 0.5) is 5.69 Å². The van der Waals surface area contributed by atoms with Gasteiger partial charge in [0.15, 0.2) is 11.5 Å². The van der Waals surface area contributed by atoms with Gasteiger partial charge in [0.2, 0.25) is 12.7 Å². The smallest absolute Gasteiger partial charge is 0.266 e. The molecule has 0 bridgehead atoms. The number of nitrogens with one attached hydrogen (secondary N) is 1. The SMILES string of the molecule is O=C(CCCN1C(=O)/C(=C/c2ccc3c(c2)OCO3)SC1=S)Nc1ccc(Br)cc1. The van der Waals surface area contributed by atoms with Gasteiger partial charge in [-0.2, -0.15) is 0 Å². The quantitative estimate of drug-likeness (QED) is 0.450. The summed E-state index contributed by atoms with van der Waals surface area (Å²) >= 11 is 9.99. The van der Waals surface area contributed by atoms with E-state index in [2.05, 4.69) is 21.2 Å². The molecule has 6 nitrogen and oxygen atoms in total. The number of nitrogens with zero attached hydrogens (tertiary/aromatic N) is 1. The highest BCUT2D eigenvalue weighted by Gasteiger charge is 2.31. The third-order valence-electron chi connectivity index (χ3n) is 4.48. The zero-order valence-electron chi connectivity index (χ0n) is 15.7. The van der Waals surface area contributed by atoms with Crippen molar-refractivity contribution in [1.29, 1.82) is 0 Å². The number of hydrogen-bond acceptors (Lipinski definition) is 6. The van der Waals surface area contributed by atoms with E-state index in [9.17, 15) is 9.59 Å². The Bertz CT molecular complexity index is 1040. The van der Waals surface area contributed by atoms with Crippen LogP contribution in [-0.2, 0) is 9.59 Å². The van der Waals surface area contributed by atoms with Crippen LogP contribution in [0.3, 0.4) is 0 Å². The predicted molar refractivity (Wildman–Crippen MR) is 124 cm³/mol. The van der Waals surface area contributed by atoms with Crippen molar-refractivity contribution < 1.29 is 19.1 Å². The third kappa shape index (κ3) is 4.85. The zero-order chi connectivity index (χ0) is 21.1. The van der Waals surface area contributed by atoms with Gasteiger partial charge in [-0.05, 0) is 54.5 Å². The van der Waals surface area contributed by atoms with E-state index < -0.39 is 0 Å². The molecule has 2 aromatic carbocycles. The van der Waals surface area contributed by atoms with E-state index in [1.807, 2.05) is 42.5 Å². The topological polar surface area (TPSA) is 67.9 Å². The highest BCUT2D eigenvalue weighted by atomic mass is 79.9. The highest BCUT2D eigenvalue weighted by molar-refractivity contribution is 9.10. The lowest BCUT2D eigenvalue weighted by Gasteiger charge is -2.14. The normalized spacial score (nSPS) is 16.4. The summed E-state index contributed by atoms with van der Waals surface area (Å²) in [6, 6.07) is 12.9. The summed E-state index contributed by atoms with van der Waals surface area (Å²) in [6.45, 7) is 0.604. The summed E-state index contributed by atoms with van der Waals surface area (Å²) in [4.78, 5) is 27.0. The number of halogens is 1. The Balaban J connectivity index is 1.32. The van der Waals surface area contributed by atoms with Crippen LogP contribution < -0.4 is 14.8 Å². The molecular weight excluding hydrogens is 488 g/mol. The van der Waals surface area contributed by atoms with E-state index in [1.165, 1.54) is 11.8 Å². The van der Waals surface area contributed by atoms with Crippen molar-refractivity contribution in [3.8, 4) is 11.5 Å². The first-order chi connectivity index (χ1) is 14.5. The van der Waals surface area contributed by atoms with Crippen LogP contribution in [0.2, 0.25) is 0 Å². The molecule has 154 valence electrons. The Labute approximate surface area is 191 Å². The summed E-state index contributed by atoms with van der Waals surface area (Å²) in [6.07, 6.45) is 2.61. The zero-order valence-corrected chi connectivity index (χ0v) is 18.9. The van der Waals surface area contributed by atoms with E-state index in [4.69, 9.17) is 21.7 Å². The Morgan fingerprint density at radius 1 is 1.20 bits per heavy atom. The molecule has 2 amide bonds. The number of thiocarbonyl (C=S) groups is 1. The van der Waals surface area contributed by atoms with Crippen molar-refractivity contribution in [2.45, 2.75) is 12.8 Å². The van der Waals surface area contributed by atoms with Crippen molar-refractivity contribution >= 4 is 67.8 Å². The highest BCUT2D eigenvalue weighted by Crippen LogP contribution is 2.36. The van der Waals surface area contributed by atoms with Gasteiger partial charge in [-0.1, -0.05) is 46.0 Å². The van der Waals surface area contributed by atoms with E-state index >= 15 is 0 Å². The van der Waals surface area contributed by atoms with Gasteiger partial charge in [-0.3, -0.25) is 14.5 Å². The molecule has 0 unspecified atom stereocenters. The number of rotatable bonds is 6. The van der Waals surface area contributed by atoms with Gasteiger partial charge in [0.05, 0.1) is 4.91 Å². The summed E-state index contributed by atoms with van der Waals surface area (Å²) in [5.41, 5.74) is 1.58. The Hall–Kier alpha value is -2.36. The van der Waals surface area contributed by atoms with Gasteiger partial charge in [-0.15, -0.1) is 0 Å². The number of amides is 2. The number of ether oxygens (including phenoxy) is 2. The van der Waals surface area contributed by atoms with Gasteiger partial charge < -0.3 is 14.8 Å². The third-order valence-corrected chi connectivity index (χ3v) is 6.39. The molecule has 0 atom stereocenters. The summed E-state index contributed by atoms with van der Waals surface area (Å²) < 4.78 is 12.1. The average Bonchev–Trinajstić information content (AvgIpc) is 3.29. The molecule has 0 spiro atoms. The van der Waals surface area contributed by atoms with Crippen LogP contribution in [0.25, 0.3) is 6.08 Å². The van der Waals surface area contributed by atoms with Crippen molar-refractivity contribution in [1.82, 2.24) is 4.90 Å². The first kappa shape index (κ1) is 20.9. The lowest BCUT2D eigenvalue weighted by Crippen LogP contribution is -2.29. The second-order valence-corrected chi connectivity index (χ2v) is 9.20. The lowest BCUT2D eigenvalue weighted by atomic mass is 10.2. The minimum Gasteiger partial charge on any atom is -0.454 e. The number of carbonyl (C=O) groups is 2. The Morgan fingerprint density at radius 3 is 2.77 bits per heavy atom. The molecule has 0 saturated carbocycles. The number of hydrogen-bond donors (Lipinski definition) is 1. The van der Waals surface area contributed by atoms with Gasteiger partial charge in [-0.25, -0.2) is 0 Å². The molecule has 9 heteroatoms. The average molecular weight is 505 g/mol. The maximum atomic E-state index is 12.7. The standard InChI is InChI=1S/C21H17BrN2O4S2/c22-14-4-6-15(7-5-14)23-19(25)2-1-9-24-20(26)18(30-21(24)29)11-13-3-8-16-17(10-13)28-12-27-16/h3-8,10-11H,1-2,9,12H2,(H,23,25)/b18-11-. The maximum absolute atomic E-state index is 12.7. The molecule has 2 aromatic rings. The Morgan fingerprint density at radius 2 is 1.97 bits per heavy atom. The molecule has 1 fully saturated rings. The molecule has 1 N–H and O–H groups in total. The number of thioether (sulfide) groups is 1. The van der Waals surface area contributed by atoms with E-state index in [0.717, 1.165) is 15.7 Å². The molecular formula is C21H17BrN2O4S2. The number of benzene rings is 2. The molecule has 4 rings (SSSR count). The molecule has 1 saturated heterocycles. The maximum Gasteiger partial charge on any atom is 0.266 e. The monoisotopic (exact) mass is 504 g/mol. The van der Waals surface area contributed by atoms with Gasteiger partial charge in [0.1, 0.15) is 4.32 Å². The van der Waals surface area contributed by atoms with Crippen LogP contribution in [0.1, 0.15) is 18.4 Å². The van der Waals surface area contributed by atoms with Gasteiger partial charge in [0, 0.05) is 23.1 Å². The molecule has 0 radical (unpaired) electrons. The summed E-state index contributed by atoms with van der Waals surface area (Å²) in [7, 11) is 0. The number of fused-ring (bicyclic) bond motifs is 1. The predicted octanol–water partition coefficient (Wildman–Crippen LogP) is 4.80. The van der Waals surface area contributed by atoms with Crippen molar-refractivity contribution in [2.75, 3.05) is 18.7 Å². The van der Waals surface area contributed by atoms with Crippen molar-refractivity contribution in [3.63, 3.8) is 0 Å². The lowest BCUT2D eigenvalue weighted by molar-refractivity contribution is -0.122. The van der Waals surface area contributed by atoms with Gasteiger partial charge >= 0.3 is 0 Å². The fraction of sp³-hybridized carbons (Fsp3) is 0.190. The van der Waals surface area contributed by atoms with Gasteiger partial charge in [0.25, 0.3) is 5.91 Å². The summed E-state index contributed by atoms with van der Waals surface area (Å²) in [5.74, 6) is 1.12. The molecule has 0 aliphatic carbocycles. The summed E-state index contributed by atoms with van der Waals surface area (Å²) in [5, 5.41) is 2.84. The largest absolute Gasteiger partial charge is 0.454 e.